The summed E-state index contributed by atoms with van der Waals surface area (Å²) >= 11 is 0. The van der Waals surface area contributed by atoms with Crippen molar-refractivity contribution in [3.8, 4) is 0 Å². The van der Waals surface area contributed by atoms with Crippen LogP contribution in [0.4, 0.5) is 0 Å². The number of carbonyl (C=O) groups is 2. The molecular weight excluding hydrogens is 400 g/mol. The molecule has 0 amide bonds. The maximum Gasteiger partial charge on any atom is 0.170 e. The van der Waals surface area contributed by atoms with Gasteiger partial charge in [0.05, 0.1) is 6.10 Å². The average Bonchev–Trinajstić information content (AvgIpc) is 3.23. The lowest BCUT2D eigenvalue weighted by Crippen LogP contribution is -2.60. The molecule has 2 N–H and O–H groups in total. The first kappa shape index (κ1) is 22.3. The summed E-state index contributed by atoms with van der Waals surface area (Å²) in [5, 5.41) is 23.4. The summed E-state index contributed by atoms with van der Waals surface area (Å²) in [6.45, 7) is 10.7. The Balaban J connectivity index is 1.62. The molecule has 174 valence electrons. The third-order valence-corrected chi connectivity index (χ3v) is 10.6. The van der Waals surface area contributed by atoms with Gasteiger partial charge < -0.3 is 10.2 Å². The third-order valence-electron chi connectivity index (χ3n) is 10.6. The lowest BCUT2D eigenvalue weighted by atomic mass is 9.50. The average molecular weight is 439 g/mol. The molecule has 5 aliphatic carbocycles. The summed E-state index contributed by atoms with van der Waals surface area (Å²) in [7, 11) is 0. The van der Waals surface area contributed by atoms with Crippen LogP contribution in [0.15, 0.2) is 34.9 Å². The molecule has 0 aromatic heterocycles. The van der Waals surface area contributed by atoms with E-state index in [9.17, 15) is 19.8 Å². The van der Waals surface area contributed by atoms with Gasteiger partial charge in [-0.3, -0.25) is 9.59 Å². The topological polar surface area (TPSA) is 74.6 Å². The molecule has 0 heterocycles. The van der Waals surface area contributed by atoms with Crippen LogP contribution in [0.25, 0.3) is 0 Å². The Bertz CT molecular complexity index is 970. The minimum Gasteiger partial charge on any atom is -0.393 e. The van der Waals surface area contributed by atoms with Gasteiger partial charge in [-0.15, -0.1) is 0 Å². The molecule has 0 unspecified atom stereocenters. The smallest absolute Gasteiger partial charge is 0.170 e. The van der Waals surface area contributed by atoms with Crippen LogP contribution in [0.1, 0.15) is 73.1 Å². The minimum absolute atomic E-state index is 0.0724. The number of aliphatic hydroxyl groups excluding tert-OH is 1. The van der Waals surface area contributed by atoms with Crippen molar-refractivity contribution >= 4 is 11.6 Å². The summed E-state index contributed by atoms with van der Waals surface area (Å²) in [6, 6.07) is 0. The van der Waals surface area contributed by atoms with Crippen LogP contribution in [-0.4, -0.2) is 33.5 Å². The summed E-state index contributed by atoms with van der Waals surface area (Å²) in [5.74, 6) is 1.52. The van der Waals surface area contributed by atoms with Gasteiger partial charge in [0.2, 0.25) is 0 Å². The van der Waals surface area contributed by atoms with E-state index in [0.29, 0.717) is 37.0 Å². The molecular formula is C28H38O4. The number of ketones is 2. The SMILES string of the molecule is CC(C)[C@@H](C)[C@H](O)[C@@H]1C[C@@]23CC(=O)[C@]4(O)C(=C2CC[C@@H]3[C@@H]1C)C=CC1=CC(=O)CC[C@@]14C. The van der Waals surface area contributed by atoms with Crippen LogP contribution in [0, 0.1) is 40.4 Å². The number of Topliss-reactive ketones (excluding diaryl/α,β-unsaturated/α-hetero) is 1. The fourth-order valence-electron chi connectivity index (χ4n) is 8.25. The molecule has 5 aliphatic rings. The van der Waals surface area contributed by atoms with Gasteiger partial charge in [0, 0.05) is 23.7 Å². The summed E-state index contributed by atoms with van der Waals surface area (Å²) in [4.78, 5) is 26.0. The molecule has 0 aliphatic heterocycles. The number of carbonyl (C=O) groups excluding carboxylic acids is 2. The van der Waals surface area contributed by atoms with E-state index in [1.807, 2.05) is 19.1 Å². The standard InChI is InChI=1S/C28H38O4/c1-15(2)16(3)25(31)20-13-27-14-24(30)28(32)23(22(27)9-8-21(27)17(20)4)7-6-18-12-19(29)10-11-26(18,28)5/h6-7,12,15-17,20-21,25,31-32H,8-11,13-14H2,1-5H3/t16-,17-,20-,21-,25+,26+,27+,28-/m1/s1. The van der Waals surface area contributed by atoms with Crippen molar-refractivity contribution < 1.29 is 19.8 Å². The Kier molecular flexibility index (Phi) is 4.87. The Morgan fingerprint density at radius 3 is 2.53 bits per heavy atom. The van der Waals surface area contributed by atoms with Crippen molar-refractivity contribution in [1.82, 2.24) is 0 Å². The predicted octanol–water partition coefficient (Wildman–Crippen LogP) is 4.56. The quantitative estimate of drug-likeness (QED) is 0.677. The van der Waals surface area contributed by atoms with Crippen molar-refractivity contribution in [2.24, 2.45) is 40.4 Å². The highest BCUT2D eigenvalue weighted by atomic mass is 16.3. The van der Waals surface area contributed by atoms with Crippen molar-refractivity contribution in [2.45, 2.75) is 84.8 Å². The van der Waals surface area contributed by atoms with Crippen LogP contribution >= 0.6 is 0 Å². The van der Waals surface area contributed by atoms with E-state index in [-0.39, 0.29) is 34.9 Å². The van der Waals surface area contributed by atoms with Gasteiger partial charge in [0.1, 0.15) is 0 Å². The highest BCUT2D eigenvalue weighted by molar-refractivity contribution is 5.99. The van der Waals surface area contributed by atoms with Crippen molar-refractivity contribution in [2.75, 3.05) is 0 Å². The highest BCUT2D eigenvalue weighted by Crippen LogP contribution is 2.69. The molecule has 0 bridgehead atoms. The summed E-state index contributed by atoms with van der Waals surface area (Å²) < 4.78 is 0. The van der Waals surface area contributed by atoms with Gasteiger partial charge in [0.15, 0.2) is 17.2 Å². The first-order chi connectivity index (χ1) is 15.0. The van der Waals surface area contributed by atoms with E-state index in [4.69, 9.17) is 0 Å². The summed E-state index contributed by atoms with van der Waals surface area (Å²) in [5.41, 5.74) is 0.339. The normalized spacial score (nSPS) is 44.8. The zero-order valence-corrected chi connectivity index (χ0v) is 20.1. The number of hydrogen-bond acceptors (Lipinski definition) is 4. The Hall–Kier alpha value is -1.52. The molecule has 0 aromatic carbocycles. The van der Waals surface area contributed by atoms with E-state index in [1.54, 1.807) is 6.08 Å². The zero-order chi connectivity index (χ0) is 23.2. The molecule has 4 heteroatoms. The number of aliphatic hydroxyl groups is 2. The van der Waals surface area contributed by atoms with Crippen LogP contribution < -0.4 is 0 Å². The second-order valence-corrected chi connectivity index (χ2v) is 12.1. The Labute approximate surface area is 191 Å². The molecule has 0 saturated heterocycles. The van der Waals surface area contributed by atoms with E-state index >= 15 is 0 Å². The Morgan fingerprint density at radius 1 is 1.12 bits per heavy atom. The van der Waals surface area contributed by atoms with E-state index < -0.39 is 11.0 Å². The summed E-state index contributed by atoms with van der Waals surface area (Å²) in [6.07, 6.45) is 9.18. The highest BCUT2D eigenvalue weighted by Gasteiger charge is 2.68. The first-order valence-corrected chi connectivity index (χ1v) is 12.6. The zero-order valence-electron chi connectivity index (χ0n) is 20.1. The fraction of sp³-hybridized carbons (Fsp3) is 0.714. The molecule has 2 fully saturated rings. The fourth-order valence-corrected chi connectivity index (χ4v) is 8.25. The minimum atomic E-state index is -1.55. The molecule has 0 radical (unpaired) electrons. The van der Waals surface area contributed by atoms with Crippen LogP contribution in [0.3, 0.4) is 0 Å². The molecule has 2 saturated carbocycles. The molecule has 4 nitrogen and oxygen atoms in total. The molecule has 8 atom stereocenters. The van der Waals surface area contributed by atoms with Crippen molar-refractivity contribution in [3.63, 3.8) is 0 Å². The van der Waals surface area contributed by atoms with Gasteiger partial charge in [-0.25, -0.2) is 0 Å². The predicted molar refractivity (Wildman–Crippen MR) is 124 cm³/mol. The number of fused-ring (bicyclic) bond motifs is 3. The monoisotopic (exact) mass is 438 g/mol. The Morgan fingerprint density at radius 2 is 1.84 bits per heavy atom. The van der Waals surface area contributed by atoms with Gasteiger partial charge >= 0.3 is 0 Å². The van der Waals surface area contributed by atoms with Gasteiger partial charge in [-0.05, 0) is 72.5 Å². The lowest BCUT2D eigenvalue weighted by Gasteiger charge is -2.54. The number of allylic oxidation sites excluding steroid dienone is 3. The molecule has 1 spiro atoms. The maximum absolute atomic E-state index is 13.9. The van der Waals surface area contributed by atoms with Gasteiger partial charge in [-0.1, -0.05) is 52.3 Å². The van der Waals surface area contributed by atoms with Crippen LogP contribution in [-0.2, 0) is 9.59 Å². The number of hydrogen-bond donors (Lipinski definition) is 2. The third kappa shape index (κ3) is 2.57. The van der Waals surface area contributed by atoms with Crippen LogP contribution in [0.5, 0.6) is 0 Å². The van der Waals surface area contributed by atoms with Crippen molar-refractivity contribution in [3.05, 3.63) is 34.9 Å². The second kappa shape index (κ2) is 6.99. The molecule has 0 aromatic rings. The van der Waals surface area contributed by atoms with Gasteiger partial charge in [-0.2, -0.15) is 0 Å². The van der Waals surface area contributed by atoms with E-state index in [2.05, 4.69) is 27.7 Å². The van der Waals surface area contributed by atoms with Gasteiger partial charge in [0.25, 0.3) is 0 Å². The number of rotatable bonds is 3. The van der Waals surface area contributed by atoms with E-state index in [1.165, 1.54) is 5.57 Å². The van der Waals surface area contributed by atoms with E-state index in [0.717, 1.165) is 30.4 Å². The van der Waals surface area contributed by atoms with Crippen LogP contribution in [0.2, 0.25) is 0 Å². The molecule has 5 rings (SSSR count). The molecule has 32 heavy (non-hydrogen) atoms. The largest absolute Gasteiger partial charge is 0.393 e. The lowest BCUT2D eigenvalue weighted by molar-refractivity contribution is -0.149. The van der Waals surface area contributed by atoms with Crippen molar-refractivity contribution in [1.29, 1.82) is 0 Å². The second-order valence-electron chi connectivity index (χ2n) is 12.1. The first-order valence-electron chi connectivity index (χ1n) is 12.6. The maximum atomic E-state index is 13.9.